The zero-order valence-corrected chi connectivity index (χ0v) is 11.3. The van der Waals surface area contributed by atoms with Gasteiger partial charge in [0, 0.05) is 0 Å². The summed E-state index contributed by atoms with van der Waals surface area (Å²) in [6.07, 6.45) is -3.61. The largest absolute Gasteiger partial charge is 0.494 e. The van der Waals surface area contributed by atoms with Crippen LogP contribution < -0.4 is 4.74 Å². The number of alkyl halides is 3. The lowest BCUT2D eigenvalue weighted by molar-refractivity contribution is -0.137. The van der Waals surface area contributed by atoms with Gasteiger partial charge < -0.3 is 4.74 Å². The average Bonchev–Trinajstić information content (AvgIpc) is 2.28. The lowest BCUT2D eigenvalue weighted by Crippen LogP contribution is -2.08. The highest BCUT2D eigenvalue weighted by molar-refractivity contribution is 7.80. The van der Waals surface area contributed by atoms with Gasteiger partial charge in [-0.05, 0) is 48.8 Å². The Morgan fingerprint density at radius 3 is 2.50 bits per heavy atom. The van der Waals surface area contributed by atoms with Gasteiger partial charge in [-0.3, -0.25) is 0 Å². The second kappa shape index (κ2) is 6.36. The zero-order chi connectivity index (χ0) is 13.8. The molecule has 1 aromatic carbocycles. The van der Waals surface area contributed by atoms with Gasteiger partial charge in [0.15, 0.2) is 0 Å². The summed E-state index contributed by atoms with van der Waals surface area (Å²) >= 11 is 4.12. The molecule has 0 saturated carbocycles. The third-order valence-corrected chi connectivity index (χ3v) is 2.99. The Balaban J connectivity index is 3.15. The van der Waals surface area contributed by atoms with E-state index in [-0.39, 0.29) is 5.92 Å². The van der Waals surface area contributed by atoms with Gasteiger partial charge in [0.2, 0.25) is 0 Å². The molecule has 5 heteroatoms. The lowest BCUT2D eigenvalue weighted by Gasteiger charge is -2.18. The van der Waals surface area contributed by atoms with E-state index < -0.39 is 11.7 Å². The molecule has 0 fully saturated rings. The molecule has 0 aliphatic rings. The summed E-state index contributed by atoms with van der Waals surface area (Å²) in [5.41, 5.74) is -0.0345. The van der Waals surface area contributed by atoms with E-state index in [9.17, 15) is 13.2 Å². The van der Waals surface area contributed by atoms with Crippen LogP contribution in [0.5, 0.6) is 5.75 Å². The van der Waals surface area contributed by atoms with Crippen LogP contribution in [0.25, 0.3) is 0 Å². The van der Waals surface area contributed by atoms with Gasteiger partial charge in [0.05, 0.1) is 12.2 Å². The second-order valence-corrected chi connectivity index (χ2v) is 4.54. The van der Waals surface area contributed by atoms with Crippen molar-refractivity contribution in [3.8, 4) is 5.75 Å². The standard InChI is InChI=1S/C13H17F3OS/c1-3-17-12-5-4-10(13(14,15)16)8-11(12)9(2)6-7-18/h4-5,8-9,18H,3,6-7H2,1-2H3. The van der Waals surface area contributed by atoms with Gasteiger partial charge in [-0.1, -0.05) is 6.92 Å². The van der Waals surface area contributed by atoms with Crippen LogP contribution in [0.15, 0.2) is 18.2 Å². The van der Waals surface area contributed by atoms with E-state index in [1.54, 1.807) is 0 Å². The fraction of sp³-hybridized carbons (Fsp3) is 0.538. The van der Waals surface area contributed by atoms with Gasteiger partial charge >= 0.3 is 6.18 Å². The van der Waals surface area contributed by atoms with Crippen LogP contribution in [0.2, 0.25) is 0 Å². The first-order chi connectivity index (χ1) is 8.40. The van der Waals surface area contributed by atoms with Gasteiger partial charge in [-0.2, -0.15) is 25.8 Å². The van der Waals surface area contributed by atoms with Crippen molar-refractivity contribution in [1.29, 1.82) is 0 Å². The summed E-state index contributed by atoms with van der Waals surface area (Å²) in [5, 5.41) is 0. The predicted molar refractivity (Wildman–Crippen MR) is 69.5 cm³/mol. The molecule has 18 heavy (non-hydrogen) atoms. The van der Waals surface area contributed by atoms with E-state index in [0.29, 0.717) is 30.1 Å². The number of thiol groups is 1. The SMILES string of the molecule is CCOc1ccc(C(F)(F)F)cc1C(C)CCS. The number of hydrogen-bond acceptors (Lipinski definition) is 2. The Morgan fingerprint density at radius 2 is 2.00 bits per heavy atom. The van der Waals surface area contributed by atoms with Gasteiger partial charge in [-0.25, -0.2) is 0 Å². The van der Waals surface area contributed by atoms with E-state index in [4.69, 9.17) is 4.74 Å². The molecule has 0 amide bonds. The van der Waals surface area contributed by atoms with Crippen LogP contribution in [0.4, 0.5) is 13.2 Å². The number of ether oxygens (including phenoxy) is 1. The molecule has 0 saturated heterocycles. The molecular weight excluding hydrogens is 261 g/mol. The van der Waals surface area contributed by atoms with Crippen molar-refractivity contribution in [2.24, 2.45) is 0 Å². The molecule has 102 valence electrons. The lowest BCUT2D eigenvalue weighted by atomic mass is 9.95. The number of benzene rings is 1. The van der Waals surface area contributed by atoms with Crippen molar-refractivity contribution in [3.05, 3.63) is 29.3 Å². The van der Waals surface area contributed by atoms with Crippen LogP contribution >= 0.6 is 12.6 Å². The van der Waals surface area contributed by atoms with Crippen molar-refractivity contribution in [1.82, 2.24) is 0 Å². The second-order valence-electron chi connectivity index (χ2n) is 4.10. The predicted octanol–water partition coefficient (Wildman–Crippen LogP) is 4.53. The van der Waals surface area contributed by atoms with E-state index in [2.05, 4.69) is 12.6 Å². The topological polar surface area (TPSA) is 9.23 Å². The number of hydrogen-bond donors (Lipinski definition) is 1. The maximum atomic E-state index is 12.7. The minimum absolute atomic E-state index is 0.00801. The van der Waals surface area contributed by atoms with E-state index in [0.717, 1.165) is 6.07 Å². The molecule has 0 heterocycles. The summed E-state index contributed by atoms with van der Waals surface area (Å²) in [5.74, 6) is 1.15. The fourth-order valence-corrected chi connectivity index (χ4v) is 2.13. The van der Waals surface area contributed by atoms with Crippen LogP contribution in [0.3, 0.4) is 0 Å². The van der Waals surface area contributed by atoms with Gasteiger partial charge in [0.1, 0.15) is 5.75 Å². The van der Waals surface area contributed by atoms with Crippen molar-refractivity contribution in [2.45, 2.75) is 32.4 Å². The molecule has 0 bridgehead atoms. The highest BCUT2D eigenvalue weighted by Gasteiger charge is 2.31. The third-order valence-electron chi connectivity index (χ3n) is 2.73. The summed E-state index contributed by atoms with van der Waals surface area (Å²) < 4.78 is 43.4. The molecule has 0 aliphatic heterocycles. The van der Waals surface area contributed by atoms with E-state index in [1.807, 2.05) is 13.8 Å². The molecule has 1 atom stereocenters. The molecule has 0 radical (unpaired) electrons. The molecule has 0 aromatic heterocycles. The minimum atomic E-state index is -4.32. The molecule has 0 N–H and O–H groups in total. The van der Waals surface area contributed by atoms with Crippen molar-refractivity contribution in [2.75, 3.05) is 12.4 Å². The first-order valence-corrected chi connectivity index (χ1v) is 6.48. The Bertz CT molecular complexity index is 390. The first-order valence-electron chi connectivity index (χ1n) is 5.85. The summed E-state index contributed by atoms with van der Waals surface area (Å²) in [4.78, 5) is 0. The molecule has 0 aliphatic carbocycles. The van der Waals surface area contributed by atoms with Crippen molar-refractivity contribution >= 4 is 12.6 Å². The van der Waals surface area contributed by atoms with Crippen molar-refractivity contribution in [3.63, 3.8) is 0 Å². The molecular formula is C13H17F3OS. The van der Waals surface area contributed by atoms with Crippen molar-refractivity contribution < 1.29 is 17.9 Å². The zero-order valence-electron chi connectivity index (χ0n) is 10.4. The van der Waals surface area contributed by atoms with Crippen LogP contribution in [-0.4, -0.2) is 12.4 Å². The Morgan fingerprint density at radius 1 is 1.33 bits per heavy atom. The number of rotatable bonds is 5. The highest BCUT2D eigenvalue weighted by atomic mass is 32.1. The van der Waals surface area contributed by atoms with Gasteiger partial charge in [0.25, 0.3) is 0 Å². The maximum Gasteiger partial charge on any atom is 0.416 e. The van der Waals surface area contributed by atoms with Crippen LogP contribution in [0, 0.1) is 0 Å². The summed E-state index contributed by atoms with van der Waals surface area (Å²) in [7, 11) is 0. The Labute approximate surface area is 111 Å². The average molecular weight is 278 g/mol. The first kappa shape index (κ1) is 15.2. The molecule has 1 nitrogen and oxygen atoms in total. The van der Waals surface area contributed by atoms with Gasteiger partial charge in [-0.15, -0.1) is 0 Å². The smallest absolute Gasteiger partial charge is 0.416 e. The number of halogens is 3. The Kier molecular flexibility index (Phi) is 5.38. The molecule has 1 aromatic rings. The van der Waals surface area contributed by atoms with Crippen LogP contribution in [0.1, 0.15) is 37.3 Å². The molecule has 1 rings (SSSR count). The van der Waals surface area contributed by atoms with E-state index in [1.165, 1.54) is 12.1 Å². The quantitative estimate of drug-likeness (QED) is 0.779. The summed E-state index contributed by atoms with van der Waals surface area (Å²) in [6.45, 7) is 4.13. The minimum Gasteiger partial charge on any atom is -0.494 e. The normalized spacial score (nSPS) is 13.4. The fourth-order valence-electron chi connectivity index (χ4n) is 1.75. The molecule has 1 unspecified atom stereocenters. The van der Waals surface area contributed by atoms with Crippen LogP contribution in [-0.2, 0) is 6.18 Å². The third kappa shape index (κ3) is 3.83. The highest BCUT2D eigenvalue weighted by Crippen LogP contribution is 2.36. The maximum absolute atomic E-state index is 12.7. The van der Waals surface area contributed by atoms with E-state index >= 15 is 0 Å². The monoisotopic (exact) mass is 278 g/mol. The Hall–Kier alpha value is -0.840. The summed E-state index contributed by atoms with van der Waals surface area (Å²) in [6, 6.07) is 3.64. The molecule has 0 spiro atoms.